The smallest absolute Gasteiger partial charge is 0.240 e. The number of nitrogens with one attached hydrogen (secondary N) is 1. The first-order valence-corrected chi connectivity index (χ1v) is 7.41. The van der Waals surface area contributed by atoms with Crippen molar-refractivity contribution in [2.45, 2.75) is 37.5 Å². The summed E-state index contributed by atoms with van der Waals surface area (Å²) in [5, 5.41) is 10.2. The van der Waals surface area contributed by atoms with Gasteiger partial charge in [0.2, 0.25) is 10.0 Å². The number of carbonyl (C=O) groups excluding carboxylic acids is 1. The van der Waals surface area contributed by atoms with E-state index in [9.17, 15) is 18.3 Å². The fourth-order valence-electron chi connectivity index (χ4n) is 1.50. The summed E-state index contributed by atoms with van der Waals surface area (Å²) in [6, 6.07) is 6.55. The number of hydrogen-bond acceptors (Lipinski definition) is 4. The highest BCUT2D eigenvalue weighted by atomic mass is 32.2. The Kier molecular flexibility index (Phi) is 4.70. The summed E-state index contributed by atoms with van der Waals surface area (Å²) >= 11 is 0. The van der Waals surface area contributed by atoms with Gasteiger partial charge in [-0.05, 0) is 23.1 Å². The minimum absolute atomic E-state index is 0.0509. The summed E-state index contributed by atoms with van der Waals surface area (Å²) < 4.78 is 25.9. The van der Waals surface area contributed by atoms with Crippen LogP contribution in [0.15, 0.2) is 29.2 Å². The Bertz CT molecular complexity index is 541. The Morgan fingerprint density at radius 2 is 1.74 bits per heavy atom. The normalized spacial score (nSPS) is 12.4. The van der Waals surface area contributed by atoms with Crippen molar-refractivity contribution in [1.29, 1.82) is 0 Å². The fraction of sp³-hybridized carbons (Fsp3) is 0.462. The Labute approximate surface area is 113 Å². The first-order valence-electron chi connectivity index (χ1n) is 5.93. The molecule has 0 saturated carbocycles. The zero-order chi connectivity index (χ0) is 14.7. The summed E-state index contributed by atoms with van der Waals surface area (Å²) in [4.78, 5) is 10.4. The summed E-state index contributed by atoms with van der Waals surface area (Å²) in [7, 11) is -3.66. The van der Waals surface area contributed by atoms with Crippen LogP contribution in [0, 0.1) is 0 Å². The lowest BCUT2D eigenvalue weighted by molar-refractivity contribution is -0.305. The largest absolute Gasteiger partial charge is 0.550 e. The molecule has 0 heterocycles. The molecule has 1 rings (SSSR count). The van der Waals surface area contributed by atoms with Gasteiger partial charge in [0.15, 0.2) is 0 Å². The Morgan fingerprint density at radius 3 is 2.16 bits per heavy atom. The van der Waals surface area contributed by atoms with Crippen LogP contribution in [0.3, 0.4) is 0 Å². The second-order valence-electron chi connectivity index (χ2n) is 5.29. The number of benzene rings is 1. The van der Waals surface area contributed by atoms with E-state index in [2.05, 4.69) is 4.72 Å². The molecule has 0 atom stereocenters. The standard InChI is InChI=1S/C13H19NO4S/c1-13(2,3)10-4-6-11(7-5-10)19(17,18)14-9-8-12(15)16/h4-7,14H,8-9H2,1-3H3,(H,15,16)/p-1. The highest BCUT2D eigenvalue weighted by Gasteiger charge is 2.17. The Morgan fingerprint density at radius 1 is 1.21 bits per heavy atom. The molecule has 0 fully saturated rings. The van der Waals surface area contributed by atoms with E-state index in [-0.39, 0.29) is 23.3 Å². The second-order valence-corrected chi connectivity index (χ2v) is 7.06. The number of carboxylic acid groups (broad SMARTS) is 1. The third kappa shape index (κ3) is 4.65. The molecule has 5 nitrogen and oxygen atoms in total. The Hall–Kier alpha value is -1.40. The molecule has 0 aliphatic carbocycles. The number of rotatable bonds is 5. The van der Waals surface area contributed by atoms with Crippen LogP contribution in [0.5, 0.6) is 0 Å². The zero-order valence-corrected chi connectivity index (χ0v) is 12.1. The van der Waals surface area contributed by atoms with E-state index in [0.717, 1.165) is 5.56 Å². The highest BCUT2D eigenvalue weighted by Crippen LogP contribution is 2.23. The van der Waals surface area contributed by atoms with E-state index in [0.29, 0.717) is 0 Å². The summed E-state index contributed by atoms with van der Waals surface area (Å²) in [5.74, 6) is -1.29. The van der Waals surface area contributed by atoms with Gasteiger partial charge in [-0.2, -0.15) is 0 Å². The third-order valence-electron chi connectivity index (χ3n) is 2.65. The second kappa shape index (κ2) is 5.71. The average molecular weight is 284 g/mol. The molecule has 0 aliphatic rings. The first-order chi connectivity index (χ1) is 8.63. The molecule has 1 N–H and O–H groups in total. The van der Waals surface area contributed by atoms with E-state index < -0.39 is 16.0 Å². The fourth-order valence-corrected chi connectivity index (χ4v) is 2.54. The van der Waals surface area contributed by atoms with Crippen molar-refractivity contribution in [2.24, 2.45) is 0 Å². The number of aliphatic carboxylic acids is 1. The van der Waals surface area contributed by atoms with Crippen LogP contribution < -0.4 is 9.83 Å². The Balaban J connectivity index is 2.82. The molecule has 6 heteroatoms. The average Bonchev–Trinajstić information content (AvgIpc) is 2.27. The molecule has 0 amide bonds. The van der Waals surface area contributed by atoms with Gasteiger partial charge in [-0.25, -0.2) is 13.1 Å². The van der Waals surface area contributed by atoms with Crippen molar-refractivity contribution in [3.63, 3.8) is 0 Å². The van der Waals surface area contributed by atoms with Gasteiger partial charge < -0.3 is 9.90 Å². The lowest BCUT2D eigenvalue weighted by Crippen LogP contribution is -2.31. The van der Waals surface area contributed by atoms with Gasteiger partial charge in [-0.15, -0.1) is 0 Å². The topological polar surface area (TPSA) is 86.3 Å². The minimum atomic E-state index is -3.66. The van der Waals surface area contributed by atoms with Gasteiger partial charge in [0.1, 0.15) is 0 Å². The predicted octanol–water partition coefficient (Wildman–Crippen LogP) is 0.402. The highest BCUT2D eigenvalue weighted by molar-refractivity contribution is 7.89. The van der Waals surface area contributed by atoms with Gasteiger partial charge in [0.25, 0.3) is 0 Å². The van der Waals surface area contributed by atoms with Crippen LogP contribution >= 0.6 is 0 Å². The van der Waals surface area contributed by atoms with Crippen LogP contribution in [-0.4, -0.2) is 20.9 Å². The SMILES string of the molecule is CC(C)(C)c1ccc(S(=O)(=O)NCCC(=O)[O-])cc1. The van der Waals surface area contributed by atoms with Crippen molar-refractivity contribution in [2.75, 3.05) is 6.54 Å². The summed E-state index contributed by atoms with van der Waals surface area (Å²) in [6.45, 7) is 5.93. The molecule has 0 saturated heterocycles. The monoisotopic (exact) mass is 284 g/mol. The van der Waals surface area contributed by atoms with Crippen molar-refractivity contribution in [3.8, 4) is 0 Å². The van der Waals surface area contributed by atoms with Crippen LogP contribution in [0.4, 0.5) is 0 Å². The number of sulfonamides is 1. The molecule has 1 aromatic carbocycles. The van der Waals surface area contributed by atoms with Crippen LogP contribution in [0.25, 0.3) is 0 Å². The van der Waals surface area contributed by atoms with Crippen molar-refractivity contribution < 1.29 is 18.3 Å². The van der Waals surface area contributed by atoms with E-state index in [1.807, 2.05) is 20.8 Å². The van der Waals surface area contributed by atoms with Crippen molar-refractivity contribution in [1.82, 2.24) is 4.72 Å². The molecular formula is C13H18NO4S-. The minimum Gasteiger partial charge on any atom is -0.550 e. The molecular weight excluding hydrogens is 266 g/mol. The van der Waals surface area contributed by atoms with Gasteiger partial charge in [0.05, 0.1) is 4.90 Å². The molecule has 106 valence electrons. The van der Waals surface area contributed by atoms with E-state index >= 15 is 0 Å². The predicted molar refractivity (Wildman–Crippen MR) is 70.0 cm³/mol. The number of carbonyl (C=O) groups is 1. The van der Waals surface area contributed by atoms with Gasteiger partial charge in [0, 0.05) is 18.9 Å². The van der Waals surface area contributed by atoms with Crippen LogP contribution in [0.2, 0.25) is 0 Å². The molecule has 0 spiro atoms. The van der Waals surface area contributed by atoms with Crippen LogP contribution in [-0.2, 0) is 20.2 Å². The molecule has 0 unspecified atom stereocenters. The first kappa shape index (κ1) is 15.7. The molecule has 19 heavy (non-hydrogen) atoms. The zero-order valence-electron chi connectivity index (χ0n) is 11.3. The maximum absolute atomic E-state index is 11.9. The van der Waals surface area contributed by atoms with E-state index in [1.165, 1.54) is 12.1 Å². The van der Waals surface area contributed by atoms with Gasteiger partial charge >= 0.3 is 0 Å². The number of carboxylic acids is 1. The quantitative estimate of drug-likeness (QED) is 0.848. The lowest BCUT2D eigenvalue weighted by atomic mass is 9.87. The maximum Gasteiger partial charge on any atom is 0.240 e. The lowest BCUT2D eigenvalue weighted by Gasteiger charge is -2.19. The number of hydrogen-bond donors (Lipinski definition) is 1. The molecule has 0 radical (unpaired) electrons. The molecule has 1 aromatic rings. The summed E-state index contributed by atoms with van der Waals surface area (Å²) in [6.07, 6.45) is -0.348. The molecule has 0 aliphatic heterocycles. The van der Waals surface area contributed by atoms with Crippen molar-refractivity contribution >= 4 is 16.0 Å². The van der Waals surface area contributed by atoms with Crippen molar-refractivity contribution in [3.05, 3.63) is 29.8 Å². The molecule has 0 bridgehead atoms. The van der Waals surface area contributed by atoms with E-state index in [4.69, 9.17) is 0 Å². The maximum atomic E-state index is 11.9. The summed E-state index contributed by atoms with van der Waals surface area (Å²) in [5.41, 5.74) is 0.978. The third-order valence-corrected chi connectivity index (χ3v) is 4.13. The van der Waals surface area contributed by atoms with Gasteiger partial charge in [-0.3, -0.25) is 0 Å². The van der Waals surface area contributed by atoms with Gasteiger partial charge in [-0.1, -0.05) is 32.9 Å². The molecule has 0 aromatic heterocycles. The van der Waals surface area contributed by atoms with Crippen LogP contribution in [0.1, 0.15) is 32.8 Å². The van der Waals surface area contributed by atoms with E-state index in [1.54, 1.807) is 12.1 Å².